The average molecular weight is 300 g/mol. The highest BCUT2D eigenvalue weighted by Crippen LogP contribution is 2.26. The van der Waals surface area contributed by atoms with Crippen molar-refractivity contribution in [1.82, 2.24) is 9.78 Å². The summed E-state index contributed by atoms with van der Waals surface area (Å²) in [6.45, 7) is 0. The summed E-state index contributed by atoms with van der Waals surface area (Å²) in [5, 5.41) is 4.48. The Balaban J connectivity index is 2.49. The third-order valence-corrected chi connectivity index (χ3v) is 4.28. The first-order chi connectivity index (χ1) is 8.80. The zero-order valence-corrected chi connectivity index (χ0v) is 12.1. The summed E-state index contributed by atoms with van der Waals surface area (Å²) in [6, 6.07) is 6.00. The number of nitrogens with zero attached hydrogens (tertiary/aromatic N) is 2. The number of benzene rings is 1. The zero-order valence-electron chi connectivity index (χ0n) is 10.5. The number of aromatic nitrogens is 2. The van der Waals surface area contributed by atoms with Crippen LogP contribution < -0.4 is 5.73 Å². The third kappa shape index (κ3) is 2.80. The number of halogens is 1. The normalized spacial score (nSPS) is 13.5. The molecule has 1 aromatic carbocycles. The Kier molecular flexibility index (Phi) is 3.66. The standard InChI is InChI=1S/C12H14ClN3O2S/c1-16-12(10(13)7-15-16)11(14)8-4-3-5-9(6-8)19(2,17)18/h3-7,11H,14H2,1-2H3. The quantitative estimate of drug-likeness (QED) is 0.932. The molecule has 1 aromatic heterocycles. The van der Waals surface area contributed by atoms with Crippen molar-refractivity contribution in [3.8, 4) is 0 Å². The molecule has 1 heterocycles. The Bertz CT molecular complexity index is 690. The molecule has 2 rings (SSSR count). The van der Waals surface area contributed by atoms with Crippen molar-refractivity contribution in [3.63, 3.8) is 0 Å². The fourth-order valence-corrected chi connectivity index (χ4v) is 2.83. The molecule has 0 amide bonds. The highest BCUT2D eigenvalue weighted by molar-refractivity contribution is 7.90. The Morgan fingerprint density at radius 3 is 2.63 bits per heavy atom. The van der Waals surface area contributed by atoms with Crippen LogP contribution in [0.2, 0.25) is 5.02 Å². The second-order valence-corrected chi connectivity index (χ2v) is 6.75. The van der Waals surface area contributed by atoms with Crippen molar-refractivity contribution < 1.29 is 8.42 Å². The molecule has 7 heteroatoms. The van der Waals surface area contributed by atoms with Gasteiger partial charge in [0, 0.05) is 13.3 Å². The number of aryl methyl sites for hydroxylation is 1. The monoisotopic (exact) mass is 299 g/mol. The third-order valence-electron chi connectivity index (χ3n) is 2.88. The molecule has 0 fully saturated rings. The van der Waals surface area contributed by atoms with E-state index in [1.165, 1.54) is 12.3 Å². The van der Waals surface area contributed by atoms with Crippen LogP contribution in [-0.4, -0.2) is 24.5 Å². The molecule has 5 nitrogen and oxygen atoms in total. The molecular formula is C12H14ClN3O2S. The van der Waals surface area contributed by atoms with Crippen LogP contribution in [0.1, 0.15) is 17.3 Å². The first kappa shape index (κ1) is 14.0. The van der Waals surface area contributed by atoms with Crippen LogP contribution in [-0.2, 0) is 16.9 Å². The number of hydrogen-bond acceptors (Lipinski definition) is 4. The summed E-state index contributed by atoms with van der Waals surface area (Å²) >= 11 is 6.04. The molecule has 2 aromatic rings. The summed E-state index contributed by atoms with van der Waals surface area (Å²) in [6.07, 6.45) is 2.67. The molecule has 2 N–H and O–H groups in total. The van der Waals surface area contributed by atoms with E-state index < -0.39 is 15.9 Å². The Morgan fingerprint density at radius 2 is 2.11 bits per heavy atom. The highest BCUT2D eigenvalue weighted by Gasteiger charge is 2.18. The highest BCUT2D eigenvalue weighted by atomic mass is 35.5. The Labute approximate surface area is 116 Å². The van der Waals surface area contributed by atoms with E-state index in [1.807, 2.05) is 0 Å². The summed E-state index contributed by atoms with van der Waals surface area (Å²) in [7, 11) is -1.52. The van der Waals surface area contributed by atoms with E-state index in [4.69, 9.17) is 17.3 Å². The van der Waals surface area contributed by atoms with Gasteiger partial charge in [0.1, 0.15) is 0 Å². The van der Waals surface area contributed by atoms with Gasteiger partial charge in [-0.2, -0.15) is 5.10 Å². The van der Waals surface area contributed by atoms with Crippen LogP contribution in [0.4, 0.5) is 0 Å². The second kappa shape index (κ2) is 4.96. The van der Waals surface area contributed by atoms with Crippen LogP contribution in [0.15, 0.2) is 35.4 Å². The zero-order chi connectivity index (χ0) is 14.2. The maximum Gasteiger partial charge on any atom is 0.175 e. The fourth-order valence-electron chi connectivity index (χ4n) is 1.87. The lowest BCUT2D eigenvalue weighted by Crippen LogP contribution is -2.16. The van der Waals surface area contributed by atoms with Crippen molar-refractivity contribution in [2.24, 2.45) is 12.8 Å². The van der Waals surface area contributed by atoms with Gasteiger partial charge in [0.05, 0.1) is 27.9 Å². The fraction of sp³-hybridized carbons (Fsp3) is 0.250. The number of sulfone groups is 1. The summed E-state index contributed by atoms with van der Waals surface area (Å²) in [5.74, 6) is 0. The molecule has 102 valence electrons. The van der Waals surface area contributed by atoms with Crippen LogP contribution in [0.3, 0.4) is 0 Å². The molecule has 0 aliphatic heterocycles. The van der Waals surface area contributed by atoms with E-state index in [-0.39, 0.29) is 4.90 Å². The van der Waals surface area contributed by atoms with Crippen LogP contribution in [0.25, 0.3) is 0 Å². The van der Waals surface area contributed by atoms with E-state index in [0.717, 1.165) is 6.26 Å². The lowest BCUT2D eigenvalue weighted by molar-refractivity contribution is 0.601. The van der Waals surface area contributed by atoms with Crippen molar-refractivity contribution in [3.05, 3.63) is 46.7 Å². The van der Waals surface area contributed by atoms with Gasteiger partial charge in [-0.1, -0.05) is 23.7 Å². The SMILES string of the molecule is Cn1ncc(Cl)c1C(N)c1cccc(S(C)(=O)=O)c1. The van der Waals surface area contributed by atoms with Gasteiger partial charge in [-0.15, -0.1) is 0 Å². The minimum atomic E-state index is -3.26. The van der Waals surface area contributed by atoms with E-state index in [9.17, 15) is 8.42 Å². The van der Waals surface area contributed by atoms with Gasteiger partial charge in [0.2, 0.25) is 0 Å². The molecule has 19 heavy (non-hydrogen) atoms. The van der Waals surface area contributed by atoms with E-state index in [1.54, 1.807) is 29.9 Å². The summed E-state index contributed by atoms with van der Waals surface area (Å²) < 4.78 is 24.7. The predicted molar refractivity (Wildman–Crippen MR) is 73.8 cm³/mol. The first-order valence-corrected chi connectivity index (χ1v) is 7.80. The molecule has 0 saturated carbocycles. The average Bonchev–Trinajstić information content (AvgIpc) is 2.67. The van der Waals surface area contributed by atoms with E-state index in [2.05, 4.69) is 5.10 Å². The molecule has 0 bridgehead atoms. The predicted octanol–water partition coefficient (Wildman–Crippen LogP) is 1.53. The Hall–Kier alpha value is -1.37. The van der Waals surface area contributed by atoms with Crippen LogP contribution >= 0.6 is 11.6 Å². The van der Waals surface area contributed by atoms with Crippen LogP contribution in [0.5, 0.6) is 0 Å². The van der Waals surface area contributed by atoms with Gasteiger partial charge >= 0.3 is 0 Å². The van der Waals surface area contributed by atoms with E-state index in [0.29, 0.717) is 16.3 Å². The van der Waals surface area contributed by atoms with Crippen molar-refractivity contribution >= 4 is 21.4 Å². The smallest absolute Gasteiger partial charge is 0.175 e. The number of hydrogen-bond donors (Lipinski definition) is 1. The molecule has 0 saturated heterocycles. The lowest BCUT2D eigenvalue weighted by atomic mass is 10.0. The number of rotatable bonds is 3. The maximum atomic E-state index is 11.5. The second-order valence-electron chi connectivity index (χ2n) is 4.32. The van der Waals surface area contributed by atoms with Crippen molar-refractivity contribution in [2.75, 3.05) is 6.26 Å². The molecule has 0 aliphatic carbocycles. The minimum Gasteiger partial charge on any atom is -0.319 e. The van der Waals surface area contributed by atoms with Gasteiger partial charge in [0.25, 0.3) is 0 Å². The molecule has 0 radical (unpaired) electrons. The maximum absolute atomic E-state index is 11.5. The largest absolute Gasteiger partial charge is 0.319 e. The van der Waals surface area contributed by atoms with Gasteiger partial charge in [-0.3, -0.25) is 4.68 Å². The molecule has 1 unspecified atom stereocenters. The molecular weight excluding hydrogens is 286 g/mol. The van der Waals surface area contributed by atoms with Gasteiger partial charge < -0.3 is 5.73 Å². The van der Waals surface area contributed by atoms with Gasteiger partial charge in [-0.05, 0) is 17.7 Å². The number of nitrogens with two attached hydrogens (primary N) is 1. The first-order valence-electron chi connectivity index (χ1n) is 5.53. The Morgan fingerprint density at radius 1 is 1.42 bits per heavy atom. The van der Waals surface area contributed by atoms with E-state index >= 15 is 0 Å². The molecule has 0 aliphatic rings. The van der Waals surface area contributed by atoms with Gasteiger partial charge in [0.15, 0.2) is 9.84 Å². The summed E-state index contributed by atoms with van der Waals surface area (Å²) in [4.78, 5) is 0.235. The summed E-state index contributed by atoms with van der Waals surface area (Å²) in [5.41, 5.74) is 7.45. The molecule has 0 spiro atoms. The van der Waals surface area contributed by atoms with Crippen molar-refractivity contribution in [2.45, 2.75) is 10.9 Å². The topological polar surface area (TPSA) is 78.0 Å². The van der Waals surface area contributed by atoms with Crippen molar-refractivity contribution in [1.29, 1.82) is 0 Å². The molecule has 1 atom stereocenters. The van der Waals surface area contributed by atoms with Crippen LogP contribution in [0, 0.1) is 0 Å². The van der Waals surface area contributed by atoms with Gasteiger partial charge in [-0.25, -0.2) is 8.42 Å². The minimum absolute atomic E-state index is 0.235. The lowest BCUT2D eigenvalue weighted by Gasteiger charge is -2.14.